The first-order valence-electron chi connectivity index (χ1n) is 7.14. The molecule has 7 heteroatoms. The van der Waals surface area contributed by atoms with Gasteiger partial charge >= 0.3 is 0 Å². The SMILES string of the molecule is COc1ccc(N)c(N2CCOCC2C(=O)NC2CC2)n1. The maximum atomic E-state index is 12.4. The molecular formula is C14H20N4O3. The third-order valence-electron chi connectivity index (χ3n) is 3.72. The summed E-state index contributed by atoms with van der Waals surface area (Å²) < 4.78 is 10.6. The molecule has 2 heterocycles. The molecule has 7 nitrogen and oxygen atoms in total. The highest BCUT2D eigenvalue weighted by Crippen LogP contribution is 2.27. The average Bonchev–Trinajstić information content (AvgIpc) is 3.32. The lowest BCUT2D eigenvalue weighted by molar-refractivity contribution is -0.124. The van der Waals surface area contributed by atoms with Crippen LogP contribution < -0.4 is 20.7 Å². The first kappa shape index (κ1) is 13.9. The van der Waals surface area contributed by atoms with E-state index in [0.717, 1.165) is 12.8 Å². The zero-order valence-electron chi connectivity index (χ0n) is 12.0. The minimum Gasteiger partial charge on any atom is -0.481 e. The van der Waals surface area contributed by atoms with Crippen LogP contribution in [0.3, 0.4) is 0 Å². The number of nitrogens with zero attached hydrogens (tertiary/aromatic N) is 2. The topological polar surface area (TPSA) is 89.7 Å². The third kappa shape index (κ3) is 3.02. The molecule has 0 radical (unpaired) electrons. The van der Waals surface area contributed by atoms with Gasteiger partial charge in [0.25, 0.3) is 0 Å². The molecule has 1 aliphatic carbocycles. The highest BCUT2D eigenvalue weighted by Gasteiger charge is 2.34. The van der Waals surface area contributed by atoms with Gasteiger partial charge in [0.2, 0.25) is 11.8 Å². The van der Waals surface area contributed by atoms with E-state index in [1.807, 2.05) is 4.90 Å². The molecule has 2 aliphatic rings. The summed E-state index contributed by atoms with van der Waals surface area (Å²) in [6.45, 7) is 1.47. The van der Waals surface area contributed by atoms with E-state index in [4.69, 9.17) is 15.2 Å². The van der Waals surface area contributed by atoms with Crippen LogP contribution in [0.25, 0.3) is 0 Å². The van der Waals surface area contributed by atoms with E-state index in [1.54, 1.807) is 19.2 Å². The number of nitrogens with two attached hydrogens (primary N) is 1. The van der Waals surface area contributed by atoms with Crippen molar-refractivity contribution >= 4 is 17.4 Å². The largest absolute Gasteiger partial charge is 0.481 e. The van der Waals surface area contributed by atoms with E-state index in [2.05, 4.69) is 10.3 Å². The van der Waals surface area contributed by atoms with E-state index in [1.165, 1.54) is 0 Å². The zero-order valence-corrected chi connectivity index (χ0v) is 12.0. The van der Waals surface area contributed by atoms with Crippen LogP contribution in [0, 0.1) is 0 Å². The van der Waals surface area contributed by atoms with Gasteiger partial charge in [0.15, 0.2) is 5.82 Å². The van der Waals surface area contributed by atoms with Crippen molar-refractivity contribution in [2.24, 2.45) is 0 Å². The summed E-state index contributed by atoms with van der Waals surface area (Å²) in [6, 6.07) is 3.36. The summed E-state index contributed by atoms with van der Waals surface area (Å²) in [4.78, 5) is 18.7. The Balaban J connectivity index is 1.84. The van der Waals surface area contributed by atoms with Crippen LogP contribution in [-0.4, -0.2) is 49.8 Å². The van der Waals surface area contributed by atoms with Gasteiger partial charge in [0, 0.05) is 18.7 Å². The molecule has 1 atom stereocenters. The molecule has 2 fully saturated rings. The van der Waals surface area contributed by atoms with Crippen LogP contribution in [0.2, 0.25) is 0 Å². The molecule has 0 spiro atoms. The summed E-state index contributed by atoms with van der Waals surface area (Å²) in [6.07, 6.45) is 2.11. The summed E-state index contributed by atoms with van der Waals surface area (Å²) in [7, 11) is 1.55. The van der Waals surface area contributed by atoms with Crippen LogP contribution in [0.15, 0.2) is 12.1 Å². The highest BCUT2D eigenvalue weighted by molar-refractivity contribution is 5.87. The predicted octanol–water partition coefficient (Wildman–Crippen LogP) is 0.156. The third-order valence-corrected chi connectivity index (χ3v) is 3.72. The molecule has 1 amide bonds. The van der Waals surface area contributed by atoms with E-state index >= 15 is 0 Å². The molecule has 0 bridgehead atoms. The van der Waals surface area contributed by atoms with Crippen molar-refractivity contribution in [3.8, 4) is 5.88 Å². The van der Waals surface area contributed by atoms with Gasteiger partial charge in [-0.3, -0.25) is 4.79 Å². The van der Waals surface area contributed by atoms with E-state index in [-0.39, 0.29) is 5.91 Å². The maximum Gasteiger partial charge on any atom is 0.245 e. The number of hydrogen-bond donors (Lipinski definition) is 2. The van der Waals surface area contributed by atoms with Gasteiger partial charge in [-0.2, -0.15) is 4.98 Å². The molecule has 3 rings (SSSR count). The van der Waals surface area contributed by atoms with Gasteiger partial charge in [0.1, 0.15) is 6.04 Å². The molecule has 0 aromatic carbocycles. The second-order valence-electron chi connectivity index (χ2n) is 5.33. The molecule has 21 heavy (non-hydrogen) atoms. The van der Waals surface area contributed by atoms with Crippen LogP contribution in [0.5, 0.6) is 5.88 Å². The minimum absolute atomic E-state index is 0.0266. The standard InChI is InChI=1S/C14H20N4O3/c1-20-12-5-4-10(15)13(17-12)18-6-7-21-8-11(18)14(19)16-9-2-3-9/h4-5,9,11H,2-3,6-8,15H2,1H3,(H,16,19). The lowest BCUT2D eigenvalue weighted by atomic mass is 10.2. The first-order chi connectivity index (χ1) is 10.2. The van der Waals surface area contributed by atoms with Crippen LogP contribution >= 0.6 is 0 Å². The number of carbonyl (C=O) groups is 1. The number of hydrogen-bond acceptors (Lipinski definition) is 6. The van der Waals surface area contributed by atoms with Crippen molar-refractivity contribution in [2.45, 2.75) is 24.9 Å². The Bertz CT molecular complexity index is 533. The van der Waals surface area contributed by atoms with Crippen molar-refractivity contribution in [3.63, 3.8) is 0 Å². The Morgan fingerprint density at radius 1 is 1.52 bits per heavy atom. The smallest absolute Gasteiger partial charge is 0.245 e. The van der Waals surface area contributed by atoms with Crippen LogP contribution in [0.4, 0.5) is 11.5 Å². The van der Waals surface area contributed by atoms with E-state index in [0.29, 0.717) is 43.2 Å². The minimum atomic E-state index is -0.402. The van der Waals surface area contributed by atoms with Crippen molar-refractivity contribution in [3.05, 3.63) is 12.1 Å². The molecular weight excluding hydrogens is 272 g/mol. The van der Waals surface area contributed by atoms with Gasteiger partial charge in [-0.1, -0.05) is 0 Å². The van der Waals surface area contributed by atoms with Gasteiger partial charge < -0.3 is 25.4 Å². The number of methoxy groups -OCH3 is 1. The molecule has 3 N–H and O–H groups in total. The van der Waals surface area contributed by atoms with Crippen LogP contribution in [-0.2, 0) is 9.53 Å². The van der Waals surface area contributed by atoms with E-state index < -0.39 is 6.04 Å². The molecule has 1 aromatic rings. The first-order valence-corrected chi connectivity index (χ1v) is 7.14. The van der Waals surface area contributed by atoms with Gasteiger partial charge in [-0.25, -0.2) is 0 Å². The monoisotopic (exact) mass is 292 g/mol. The summed E-state index contributed by atoms with van der Waals surface area (Å²) >= 11 is 0. The van der Waals surface area contributed by atoms with Crippen LogP contribution in [0.1, 0.15) is 12.8 Å². The number of anilines is 2. The van der Waals surface area contributed by atoms with E-state index in [9.17, 15) is 4.79 Å². The van der Waals surface area contributed by atoms with Gasteiger partial charge in [-0.05, 0) is 18.9 Å². The number of aromatic nitrogens is 1. The Kier molecular flexibility index (Phi) is 3.83. The Morgan fingerprint density at radius 2 is 2.33 bits per heavy atom. The molecule has 114 valence electrons. The number of carbonyl (C=O) groups excluding carboxylic acids is 1. The number of pyridine rings is 1. The Labute approximate surface area is 123 Å². The summed E-state index contributed by atoms with van der Waals surface area (Å²) in [5.41, 5.74) is 6.55. The number of ether oxygens (including phenoxy) is 2. The number of nitrogen functional groups attached to an aromatic ring is 1. The lowest BCUT2D eigenvalue weighted by Gasteiger charge is -2.36. The fraction of sp³-hybridized carbons (Fsp3) is 0.571. The Morgan fingerprint density at radius 3 is 3.05 bits per heavy atom. The van der Waals surface area contributed by atoms with Crippen molar-refractivity contribution < 1.29 is 14.3 Å². The highest BCUT2D eigenvalue weighted by atomic mass is 16.5. The number of rotatable bonds is 4. The predicted molar refractivity (Wildman–Crippen MR) is 78.3 cm³/mol. The van der Waals surface area contributed by atoms with Crippen molar-refractivity contribution in [2.75, 3.05) is 37.5 Å². The molecule has 1 aliphatic heterocycles. The molecule has 1 saturated heterocycles. The maximum absolute atomic E-state index is 12.4. The lowest BCUT2D eigenvalue weighted by Crippen LogP contribution is -2.54. The summed E-state index contributed by atoms with van der Waals surface area (Å²) in [5.74, 6) is 1.03. The Hall–Kier alpha value is -2.02. The quantitative estimate of drug-likeness (QED) is 0.821. The average molecular weight is 292 g/mol. The van der Waals surface area contributed by atoms with Gasteiger partial charge in [0.05, 0.1) is 26.0 Å². The summed E-state index contributed by atoms with van der Waals surface area (Å²) in [5, 5.41) is 3.01. The number of morpholine rings is 1. The number of nitrogens with one attached hydrogen (secondary N) is 1. The van der Waals surface area contributed by atoms with Crippen molar-refractivity contribution in [1.82, 2.24) is 10.3 Å². The van der Waals surface area contributed by atoms with Crippen molar-refractivity contribution in [1.29, 1.82) is 0 Å². The molecule has 1 aromatic heterocycles. The zero-order chi connectivity index (χ0) is 14.8. The normalized spacial score (nSPS) is 22.0. The molecule has 1 unspecified atom stereocenters. The number of amides is 1. The second-order valence-corrected chi connectivity index (χ2v) is 5.33. The second kappa shape index (κ2) is 5.77. The fourth-order valence-corrected chi connectivity index (χ4v) is 2.38. The van der Waals surface area contributed by atoms with Gasteiger partial charge in [-0.15, -0.1) is 0 Å². The fourth-order valence-electron chi connectivity index (χ4n) is 2.38. The molecule has 1 saturated carbocycles.